The van der Waals surface area contributed by atoms with Crippen LogP contribution in [0, 0.1) is 0 Å². The van der Waals surface area contributed by atoms with Crippen molar-refractivity contribution in [3.8, 4) is 0 Å². The third kappa shape index (κ3) is 2.93. The molecule has 1 atom stereocenters. The molecule has 2 rings (SSSR count). The van der Waals surface area contributed by atoms with Gasteiger partial charge < -0.3 is 0 Å². The Bertz CT molecular complexity index is 487. The standard InChI is InChI=1S/C14H14BrClS/c1-9(2)10-3-5-11(6-4-10)13(15)14-12(16)7-8-17-14/h3-9,13H,1-2H3. The molecule has 1 unspecified atom stereocenters. The van der Waals surface area contributed by atoms with Gasteiger partial charge in [-0.3, -0.25) is 0 Å². The zero-order valence-electron chi connectivity index (χ0n) is 9.78. The van der Waals surface area contributed by atoms with Crippen LogP contribution in [0.4, 0.5) is 0 Å². The molecule has 0 N–H and O–H groups in total. The lowest BCUT2D eigenvalue weighted by Gasteiger charge is -2.11. The number of hydrogen-bond acceptors (Lipinski definition) is 1. The van der Waals surface area contributed by atoms with E-state index in [4.69, 9.17) is 11.6 Å². The van der Waals surface area contributed by atoms with Crippen LogP contribution in [0.5, 0.6) is 0 Å². The molecule has 1 heterocycles. The van der Waals surface area contributed by atoms with Crippen molar-refractivity contribution in [3.05, 3.63) is 56.7 Å². The second kappa shape index (κ2) is 5.55. The Hall–Kier alpha value is -0.310. The van der Waals surface area contributed by atoms with Crippen LogP contribution in [0.3, 0.4) is 0 Å². The average Bonchev–Trinajstić information content (AvgIpc) is 2.74. The van der Waals surface area contributed by atoms with Gasteiger partial charge in [-0.15, -0.1) is 11.3 Å². The first-order valence-corrected chi connectivity index (χ1v) is 7.73. The van der Waals surface area contributed by atoms with E-state index in [1.807, 2.05) is 11.4 Å². The second-order valence-corrected chi connectivity index (χ2v) is 6.59. The van der Waals surface area contributed by atoms with E-state index in [2.05, 4.69) is 54.0 Å². The lowest BCUT2D eigenvalue weighted by molar-refractivity contribution is 0.865. The molecule has 17 heavy (non-hydrogen) atoms. The van der Waals surface area contributed by atoms with E-state index < -0.39 is 0 Å². The summed E-state index contributed by atoms with van der Waals surface area (Å²) in [5.41, 5.74) is 2.62. The molecule has 0 radical (unpaired) electrons. The molecule has 0 nitrogen and oxygen atoms in total. The van der Waals surface area contributed by atoms with Crippen molar-refractivity contribution in [1.82, 2.24) is 0 Å². The molecule has 0 bridgehead atoms. The molecule has 2 aromatic rings. The Kier molecular flexibility index (Phi) is 4.29. The molecule has 0 spiro atoms. The van der Waals surface area contributed by atoms with E-state index in [1.54, 1.807) is 11.3 Å². The van der Waals surface area contributed by atoms with Gasteiger partial charge in [0, 0.05) is 4.88 Å². The van der Waals surface area contributed by atoms with Crippen LogP contribution >= 0.6 is 38.9 Å². The molecule has 3 heteroatoms. The van der Waals surface area contributed by atoms with Gasteiger partial charge in [0.25, 0.3) is 0 Å². The van der Waals surface area contributed by atoms with E-state index >= 15 is 0 Å². The zero-order chi connectivity index (χ0) is 12.4. The first kappa shape index (κ1) is 13.1. The summed E-state index contributed by atoms with van der Waals surface area (Å²) in [6.45, 7) is 4.41. The van der Waals surface area contributed by atoms with Crippen molar-refractivity contribution in [1.29, 1.82) is 0 Å². The second-order valence-electron chi connectivity index (χ2n) is 4.32. The smallest absolute Gasteiger partial charge is 0.0753 e. The summed E-state index contributed by atoms with van der Waals surface area (Å²) in [5, 5.41) is 2.86. The number of rotatable bonds is 3. The van der Waals surface area contributed by atoms with Crippen molar-refractivity contribution in [2.24, 2.45) is 0 Å². The zero-order valence-corrected chi connectivity index (χ0v) is 12.9. The summed E-state index contributed by atoms with van der Waals surface area (Å²) in [4.78, 5) is 1.36. The van der Waals surface area contributed by atoms with Crippen molar-refractivity contribution in [3.63, 3.8) is 0 Å². The van der Waals surface area contributed by atoms with Gasteiger partial charge in [-0.05, 0) is 28.5 Å². The van der Waals surface area contributed by atoms with Gasteiger partial charge in [-0.2, -0.15) is 0 Å². The van der Waals surface area contributed by atoms with Crippen LogP contribution in [0.1, 0.15) is 40.6 Å². The molecule has 90 valence electrons. The van der Waals surface area contributed by atoms with Crippen LogP contribution in [0.15, 0.2) is 35.7 Å². The molecule has 0 saturated heterocycles. The molecular formula is C14H14BrClS. The van der Waals surface area contributed by atoms with E-state index in [9.17, 15) is 0 Å². The minimum absolute atomic E-state index is 0.191. The number of alkyl halides is 1. The number of halogens is 2. The minimum Gasteiger partial charge on any atom is -0.146 e. The largest absolute Gasteiger partial charge is 0.146 e. The summed E-state index contributed by atoms with van der Waals surface area (Å²) in [7, 11) is 0. The number of thiophene rings is 1. The highest BCUT2D eigenvalue weighted by Gasteiger charge is 2.15. The summed E-state index contributed by atoms with van der Waals surface area (Å²) < 4.78 is 0. The fourth-order valence-corrected chi connectivity index (χ4v) is 3.86. The van der Waals surface area contributed by atoms with Crippen molar-refractivity contribution < 1.29 is 0 Å². The maximum Gasteiger partial charge on any atom is 0.0753 e. The summed E-state index contributed by atoms with van der Waals surface area (Å²) in [6, 6.07) is 10.7. The first-order valence-electron chi connectivity index (χ1n) is 5.56. The van der Waals surface area contributed by atoms with Crippen LogP contribution < -0.4 is 0 Å². The van der Waals surface area contributed by atoms with Crippen LogP contribution in [0.2, 0.25) is 5.02 Å². The third-order valence-electron chi connectivity index (χ3n) is 2.77. The van der Waals surface area contributed by atoms with Gasteiger partial charge in [0.1, 0.15) is 0 Å². The van der Waals surface area contributed by atoms with Gasteiger partial charge in [0.2, 0.25) is 0 Å². The Morgan fingerprint density at radius 1 is 1.06 bits per heavy atom. The highest BCUT2D eigenvalue weighted by Crippen LogP contribution is 2.38. The topological polar surface area (TPSA) is 0 Å². The van der Waals surface area contributed by atoms with Gasteiger partial charge in [-0.1, -0.05) is 65.6 Å². The van der Waals surface area contributed by atoms with Crippen LogP contribution in [-0.2, 0) is 0 Å². The van der Waals surface area contributed by atoms with E-state index in [-0.39, 0.29) is 4.83 Å². The lowest BCUT2D eigenvalue weighted by Crippen LogP contribution is -1.92. The molecule has 0 aliphatic rings. The van der Waals surface area contributed by atoms with E-state index in [0.29, 0.717) is 5.92 Å². The maximum atomic E-state index is 6.15. The fourth-order valence-electron chi connectivity index (χ4n) is 1.69. The van der Waals surface area contributed by atoms with Crippen molar-refractivity contribution >= 4 is 38.9 Å². The molecule has 0 amide bonds. The Morgan fingerprint density at radius 3 is 2.12 bits per heavy atom. The Labute approximate surface area is 120 Å². The molecule has 0 aliphatic heterocycles. The fraction of sp³-hybridized carbons (Fsp3) is 0.286. The van der Waals surface area contributed by atoms with Crippen LogP contribution in [-0.4, -0.2) is 0 Å². The molecular weight excluding hydrogens is 316 g/mol. The normalized spacial score (nSPS) is 13.0. The molecule has 1 aromatic carbocycles. The predicted octanol–water partition coefficient (Wildman–Crippen LogP) is 6.01. The van der Waals surface area contributed by atoms with Gasteiger partial charge in [0.15, 0.2) is 0 Å². The quantitative estimate of drug-likeness (QED) is 0.605. The highest BCUT2D eigenvalue weighted by molar-refractivity contribution is 9.09. The predicted molar refractivity (Wildman–Crippen MR) is 80.6 cm³/mol. The van der Waals surface area contributed by atoms with Gasteiger partial charge in [-0.25, -0.2) is 0 Å². The molecule has 0 saturated carbocycles. The van der Waals surface area contributed by atoms with E-state index in [1.165, 1.54) is 16.0 Å². The Morgan fingerprint density at radius 2 is 1.65 bits per heavy atom. The molecule has 0 aliphatic carbocycles. The van der Waals surface area contributed by atoms with E-state index in [0.717, 1.165) is 5.02 Å². The lowest BCUT2D eigenvalue weighted by atomic mass is 10.0. The number of benzene rings is 1. The maximum absolute atomic E-state index is 6.15. The summed E-state index contributed by atoms with van der Waals surface area (Å²) >= 11 is 11.5. The minimum atomic E-state index is 0.191. The SMILES string of the molecule is CC(C)c1ccc(C(Br)c2sccc2Cl)cc1. The third-order valence-corrected chi connectivity index (χ3v) is 5.48. The summed E-state index contributed by atoms with van der Waals surface area (Å²) in [5.74, 6) is 0.572. The monoisotopic (exact) mass is 328 g/mol. The number of hydrogen-bond donors (Lipinski definition) is 0. The van der Waals surface area contributed by atoms with Gasteiger partial charge >= 0.3 is 0 Å². The van der Waals surface area contributed by atoms with Crippen LogP contribution in [0.25, 0.3) is 0 Å². The van der Waals surface area contributed by atoms with Gasteiger partial charge in [0.05, 0.1) is 9.85 Å². The highest BCUT2D eigenvalue weighted by atomic mass is 79.9. The first-order chi connectivity index (χ1) is 8.09. The van der Waals surface area contributed by atoms with Crippen molar-refractivity contribution in [2.75, 3.05) is 0 Å². The average molecular weight is 330 g/mol. The van der Waals surface area contributed by atoms with Crippen molar-refractivity contribution in [2.45, 2.75) is 24.6 Å². The Balaban J connectivity index is 2.26. The summed E-state index contributed by atoms with van der Waals surface area (Å²) in [6.07, 6.45) is 0. The molecule has 0 fully saturated rings. The molecule has 1 aromatic heterocycles.